The summed E-state index contributed by atoms with van der Waals surface area (Å²) < 4.78 is 2.13. The Morgan fingerprint density at radius 3 is 2.80 bits per heavy atom. The van der Waals surface area contributed by atoms with Crippen molar-refractivity contribution in [3.63, 3.8) is 0 Å². The van der Waals surface area contributed by atoms with Gasteiger partial charge < -0.3 is 15.0 Å². The van der Waals surface area contributed by atoms with Gasteiger partial charge in [0.15, 0.2) is 5.82 Å². The van der Waals surface area contributed by atoms with Crippen molar-refractivity contribution in [2.75, 3.05) is 11.4 Å². The second-order valence-corrected chi connectivity index (χ2v) is 5.59. The van der Waals surface area contributed by atoms with Crippen LogP contribution in [-0.2, 0) is 6.54 Å². The molecule has 1 aliphatic carbocycles. The van der Waals surface area contributed by atoms with Crippen LogP contribution in [-0.4, -0.2) is 22.0 Å². The highest BCUT2D eigenvalue weighted by atomic mass is 15.3. The molecule has 1 saturated carbocycles. The molecule has 0 bridgehead atoms. The van der Waals surface area contributed by atoms with Crippen molar-refractivity contribution in [2.45, 2.75) is 51.6 Å². The molecule has 4 heteroatoms. The zero-order valence-corrected chi connectivity index (χ0v) is 12.3. The van der Waals surface area contributed by atoms with Gasteiger partial charge in [-0.1, -0.05) is 25.3 Å². The van der Waals surface area contributed by atoms with Gasteiger partial charge in [0.2, 0.25) is 0 Å². The fourth-order valence-corrected chi connectivity index (χ4v) is 3.43. The van der Waals surface area contributed by atoms with E-state index in [1.165, 1.54) is 32.1 Å². The van der Waals surface area contributed by atoms with E-state index in [1.807, 2.05) is 12.1 Å². The first-order chi connectivity index (χ1) is 9.85. The van der Waals surface area contributed by atoms with Crippen LogP contribution in [0.1, 0.15) is 44.7 Å². The molecule has 0 aromatic carbocycles. The number of nitrogens with two attached hydrogens (primary N) is 1. The van der Waals surface area contributed by atoms with E-state index in [2.05, 4.69) is 28.5 Å². The third-order valence-electron chi connectivity index (χ3n) is 4.43. The Labute approximate surface area is 120 Å². The Hall–Kier alpha value is -1.55. The molecule has 4 nitrogen and oxygen atoms in total. The average Bonchev–Trinajstić information content (AvgIpc) is 2.87. The fraction of sp³-hybridized carbons (Fsp3) is 0.562. The number of rotatable bonds is 4. The van der Waals surface area contributed by atoms with Crippen LogP contribution < -0.4 is 10.6 Å². The summed E-state index contributed by atoms with van der Waals surface area (Å²) in [5, 5.41) is 0. The predicted molar refractivity (Wildman–Crippen MR) is 83.0 cm³/mol. The van der Waals surface area contributed by atoms with E-state index in [-0.39, 0.29) is 0 Å². The van der Waals surface area contributed by atoms with Crippen molar-refractivity contribution < 1.29 is 0 Å². The third kappa shape index (κ3) is 2.29. The van der Waals surface area contributed by atoms with Gasteiger partial charge >= 0.3 is 0 Å². The maximum absolute atomic E-state index is 6.00. The molecule has 0 aliphatic heterocycles. The molecule has 2 heterocycles. The summed E-state index contributed by atoms with van der Waals surface area (Å²) in [5.74, 6) is 1.09. The van der Waals surface area contributed by atoms with E-state index < -0.39 is 0 Å². The van der Waals surface area contributed by atoms with E-state index in [9.17, 15) is 0 Å². The maximum Gasteiger partial charge on any atom is 0.152 e. The highest BCUT2D eigenvalue weighted by Gasteiger charge is 2.24. The summed E-state index contributed by atoms with van der Waals surface area (Å²) in [6, 6.07) is 6.75. The highest BCUT2D eigenvalue weighted by Crippen LogP contribution is 2.29. The molecule has 2 aromatic rings. The molecule has 0 unspecified atom stereocenters. The molecule has 0 radical (unpaired) electrons. The average molecular weight is 272 g/mol. The smallest absolute Gasteiger partial charge is 0.152 e. The van der Waals surface area contributed by atoms with Crippen molar-refractivity contribution in [2.24, 2.45) is 5.73 Å². The van der Waals surface area contributed by atoms with E-state index in [4.69, 9.17) is 10.7 Å². The molecule has 2 aromatic heterocycles. The number of pyridine rings is 1. The van der Waals surface area contributed by atoms with Gasteiger partial charge in [-0.25, -0.2) is 4.98 Å². The molecule has 0 saturated heterocycles. The normalized spacial score (nSPS) is 16.7. The number of anilines is 1. The summed E-state index contributed by atoms with van der Waals surface area (Å²) in [6.07, 6.45) is 8.68. The minimum atomic E-state index is 0.531. The lowest BCUT2D eigenvalue weighted by Gasteiger charge is -2.34. The van der Waals surface area contributed by atoms with Gasteiger partial charge in [0, 0.05) is 25.3 Å². The largest absolute Gasteiger partial charge is 0.352 e. The monoisotopic (exact) mass is 272 g/mol. The Morgan fingerprint density at radius 2 is 2.10 bits per heavy atom. The number of nitrogens with zero attached hydrogens (tertiary/aromatic N) is 3. The first kappa shape index (κ1) is 13.4. The van der Waals surface area contributed by atoms with E-state index in [0.717, 1.165) is 23.7 Å². The minimum Gasteiger partial charge on any atom is -0.352 e. The number of imidazole rings is 1. The van der Waals surface area contributed by atoms with Crippen LogP contribution in [0.3, 0.4) is 0 Å². The molecule has 108 valence electrons. The van der Waals surface area contributed by atoms with Crippen LogP contribution in [0.15, 0.2) is 24.4 Å². The van der Waals surface area contributed by atoms with Crippen LogP contribution in [0.2, 0.25) is 0 Å². The van der Waals surface area contributed by atoms with Gasteiger partial charge in [0.25, 0.3) is 0 Å². The predicted octanol–water partition coefficient (Wildman–Crippen LogP) is 2.95. The van der Waals surface area contributed by atoms with Crippen molar-refractivity contribution in [1.82, 2.24) is 9.38 Å². The number of aromatic nitrogens is 2. The Bertz CT molecular complexity index is 569. The summed E-state index contributed by atoms with van der Waals surface area (Å²) in [6.45, 7) is 3.75. The summed E-state index contributed by atoms with van der Waals surface area (Å²) in [5.41, 5.74) is 8.13. The standard InChI is InChI=1S/C16H24N4/c1-2-19(13-8-4-3-5-9-13)16-14(12-17)20-11-7-6-10-15(20)18-16/h6-7,10-11,13H,2-5,8-9,12,17H2,1H3. The van der Waals surface area contributed by atoms with Crippen LogP contribution in [0, 0.1) is 0 Å². The lowest BCUT2D eigenvalue weighted by Crippen LogP contribution is -2.37. The lowest BCUT2D eigenvalue weighted by molar-refractivity contribution is 0.416. The lowest BCUT2D eigenvalue weighted by atomic mass is 9.94. The van der Waals surface area contributed by atoms with Gasteiger partial charge in [-0.2, -0.15) is 0 Å². The third-order valence-corrected chi connectivity index (χ3v) is 4.43. The van der Waals surface area contributed by atoms with Crippen LogP contribution in [0.5, 0.6) is 0 Å². The molecule has 3 rings (SSSR count). The highest BCUT2D eigenvalue weighted by molar-refractivity contribution is 5.56. The summed E-state index contributed by atoms with van der Waals surface area (Å²) in [4.78, 5) is 7.31. The van der Waals surface area contributed by atoms with Gasteiger partial charge in [0.05, 0.1) is 5.69 Å². The van der Waals surface area contributed by atoms with E-state index >= 15 is 0 Å². The molecule has 20 heavy (non-hydrogen) atoms. The molecule has 1 fully saturated rings. The van der Waals surface area contributed by atoms with Gasteiger partial charge in [-0.05, 0) is 31.9 Å². The van der Waals surface area contributed by atoms with Gasteiger partial charge in [-0.15, -0.1) is 0 Å². The zero-order valence-electron chi connectivity index (χ0n) is 12.3. The zero-order chi connectivity index (χ0) is 13.9. The SMILES string of the molecule is CCN(c1nc2ccccn2c1CN)C1CCCCC1. The first-order valence-electron chi connectivity index (χ1n) is 7.77. The maximum atomic E-state index is 6.00. The fourth-order valence-electron chi connectivity index (χ4n) is 3.43. The molecule has 2 N–H and O–H groups in total. The summed E-state index contributed by atoms with van der Waals surface area (Å²) >= 11 is 0. The Morgan fingerprint density at radius 1 is 1.30 bits per heavy atom. The van der Waals surface area contributed by atoms with Gasteiger partial charge in [0.1, 0.15) is 5.65 Å². The number of fused-ring (bicyclic) bond motifs is 1. The Kier molecular flexibility index (Phi) is 3.92. The van der Waals surface area contributed by atoms with Crippen molar-refractivity contribution >= 4 is 11.5 Å². The van der Waals surface area contributed by atoms with Crippen molar-refractivity contribution in [3.8, 4) is 0 Å². The second kappa shape index (κ2) is 5.83. The first-order valence-corrected chi connectivity index (χ1v) is 7.77. The molecule has 0 atom stereocenters. The Balaban J connectivity index is 2.01. The number of hydrogen-bond donors (Lipinski definition) is 1. The number of hydrogen-bond acceptors (Lipinski definition) is 3. The van der Waals surface area contributed by atoms with Gasteiger partial charge in [-0.3, -0.25) is 0 Å². The molecule has 0 amide bonds. The quantitative estimate of drug-likeness (QED) is 0.931. The topological polar surface area (TPSA) is 46.6 Å². The second-order valence-electron chi connectivity index (χ2n) is 5.59. The molecular formula is C16H24N4. The van der Waals surface area contributed by atoms with E-state index in [1.54, 1.807) is 0 Å². The van der Waals surface area contributed by atoms with E-state index in [0.29, 0.717) is 12.6 Å². The minimum absolute atomic E-state index is 0.531. The molecular weight excluding hydrogens is 248 g/mol. The molecule has 0 spiro atoms. The molecule has 1 aliphatic rings. The summed E-state index contributed by atoms with van der Waals surface area (Å²) in [7, 11) is 0. The van der Waals surface area contributed by atoms with Crippen molar-refractivity contribution in [1.29, 1.82) is 0 Å². The van der Waals surface area contributed by atoms with Crippen LogP contribution in [0.4, 0.5) is 5.82 Å². The van der Waals surface area contributed by atoms with Crippen LogP contribution >= 0.6 is 0 Å². The van der Waals surface area contributed by atoms with Crippen molar-refractivity contribution in [3.05, 3.63) is 30.1 Å². The van der Waals surface area contributed by atoms with Crippen LogP contribution in [0.25, 0.3) is 5.65 Å².